The van der Waals surface area contributed by atoms with Crippen LogP contribution in [0.5, 0.6) is 11.5 Å². The molecule has 1 unspecified atom stereocenters. The second kappa shape index (κ2) is 4.78. The number of aryl methyl sites for hydroxylation is 1. The van der Waals surface area contributed by atoms with Crippen molar-refractivity contribution in [2.45, 2.75) is 25.9 Å². The van der Waals surface area contributed by atoms with E-state index >= 15 is 0 Å². The largest absolute Gasteiger partial charge is 0.454 e. The zero-order valence-corrected chi connectivity index (χ0v) is 11.0. The molecule has 0 radical (unpaired) electrons. The van der Waals surface area contributed by atoms with Crippen molar-refractivity contribution in [2.24, 2.45) is 0 Å². The zero-order chi connectivity index (χ0) is 12.5. The van der Waals surface area contributed by atoms with Gasteiger partial charge < -0.3 is 14.8 Å². The zero-order valence-electron chi connectivity index (χ0n) is 11.0. The highest BCUT2D eigenvalue weighted by atomic mass is 16.7. The van der Waals surface area contributed by atoms with Crippen molar-refractivity contribution in [3.8, 4) is 11.5 Å². The first-order chi connectivity index (χ1) is 8.74. The molecule has 1 fully saturated rings. The Morgan fingerprint density at radius 1 is 1.33 bits per heavy atom. The first-order valence-electron chi connectivity index (χ1n) is 6.54. The van der Waals surface area contributed by atoms with E-state index in [9.17, 15) is 0 Å². The molecule has 0 aliphatic carbocycles. The van der Waals surface area contributed by atoms with Crippen molar-refractivity contribution >= 4 is 0 Å². The van der Waals surface area contributed by atoms with Gasteiger partial charge in [0.25, 0.3) is 0 Å². The molecule has 98 valence electrons. The van der Waals surface area contributed by atoms with Gasteiger partial charge in [-0.3, -0.25) is 4.90 Å². The number of rotatable bonds is 3. The predicted molar refractivity (Wildman–Crippen MR) is 70.0 cm³/mol. The highest BCUT2D eigenvalue weighted by Gasteiger charge is 2.21. The van der Waals surface area contributed by atoms with Crippen LogP contribution >= 0.6 is 0 Å². The smallest absolute Gasteiger partial charge is 0.231 e. The third-order valence-corrected chi connectivity index (χ3v) is 3.91. The molecular formula is C14H20N2O2. The molecule has 0 spiro atoms. The lowest BCUT2D eigenvalue weighted by Crippen LogP contribution is -2.33. The number of nitrogens with one attached hydrogen (secondary N) is 1. The van der Waals surface area contributed by atoms with E-state index in [1.807, 2.05) is 0 Å². The maximum absolute atomic E-state index is 5.45. The van der Waals surface area contributed by atoms with E-state index in [2.05, 4.69) is 36.3 Å². The number of likely N-dealkylation sites (N-methyl/N-ethyl adjacent to an activating group) is 1. The third-order valence-electron chi connectivity index (χ3n) is 3.91. The quantitative estimate of drug-likeness (QED) is 0.879. The molecule has 2 aliphatic heterocycles. The minimum Gasteiger partial charge on any atom is -0.454 e. The van der Waals surface area contributed by atoms with Gasteiger partial charge in [0.2, 0.25) is 6.79 Å². The Kier molecular flexibility index (Phi) is 3.14. The number of fused-ring (bicyclic) bond motifs is 1. The van der Waals surface area contributed by atoms with Crippen molar-refractivity contribution in [2.75, 3.05) is 26.9 Å². The maximum Gasteiger partial charge on any atom is 0.231 e. The molecule has 0 amide bonds. The first-order valence-corrected chi connectivity index (χ1v) is 6.54. The fraction of sp³-hybridized carbons (Fsp3) is 0.571. The van der Waals surface area contributed by atoms with Gasteiger partial charge in [0, 0.05) is 19.1 Å². The van der Waals surface area contributed by atoms with Crippen LogP contribution in [0.25, 0.3) is 0 Å². The van der Waals surface area contributed by atoms with Gasteiger partial charge in [-0.1, -0.05) is 0 Å². The van der Waals surface area contributed by atoms with E-state index in [4.69, 9.17) is 9.47 Å². The fourth-order valence-electron chi connectivity index (χ4n) is 2.67. The van der Waals surface area contributed by atoms with Crippen LogP contribution in [0.15, 0.2) is 12.1 Å². The summed E-state index contributed by atoms with van der Waals surface area (Å²) in [5.41, 5.74) is 2.60. The lowest BCUT2D eigenvalue weighted by atomic mass is 10.1. The molecule has 0 saturated carbocycles. The SMILES string of the molecule is Cc1cc2c(cc1CN(C)C1CCNC1)OCO2. The predicted octanol–water partition coefficient (Wildman–Crippen LogP) is 1.52. The van der Waals surface area contributed by atoms with Gasteiger partial charge >= 0.3 is 0 Å². The standard InChI is InChI=1S/C14H20N2O2/c1-10-5-13-14(18-9-17-13)6-11(10)8-16(2)12-3-4-15-7-12/h5-6,12,15H,3-4,7-9H2,1-2H3. The van der Waals surface area contributed by atoms with E-state index < -0.39 is 0 Å². The van der Waals surface area contributed by atoms with Crippen LogP contribution in [0, 0.1) is 6.92 Å². The Morgan fingerprint density at radius 3 is 2.83 bits per heavy atom. The molecule has 1 N–H and O–H groups in total. The number of hydrogen-bond donors (Lipinski definition) is 1. The molecule has 1 saturated heterocycles. The maximum atomic E-state index is 5.45. The van der Waals surface area contributed by atoms with Gasteiger partial charge in [-0.05, 0) is 50.2 Å². The molecule has 0 bridgehead atoms. The molecular weight excluding hydrogens is 228 g/mol. The molecule has 3 rings (SSSR count). The Bertz CT molecular complexity index is 442. The van der Waals surface area contributed by atoms with Gasteiger partial charge in [0.05, 0.1) is 0 Å². The summed E-state index contributed by atoms with van der Waals surface area (Å²) < 4.78 is 10.8. The lowest BCUT2D eigenvalue weighted by molar-refractivity contribution is 0.174. The second-order valence-electron chi connectivity index (χ2n) is 5.19. The van der Waals surface area contributed by atoms with Gasteiger partial charge in [-0.15, -0.1) is 0 Å². The van der Waals surface area contributed by atoms with Crippen LogP contribution in [-0.2, 0) is 6.54 Å². The molecule has 18 heavy (non-hydrogen) atoms. The fourth-order valence-corrected chi connectivity index (χ4v) is 2.67. The van der Waals surface area contributed by atoms with Crippen LogP contribution in [0.2, 0.25) is 0 Å². The summed E-state index contributed by atoms with van der Waals surface area (Å²) >= 11 is 0. The molecule has 4 nitrogen and oxygen atoms in total. The molecule has 1 atom stereocenters. The van der Waals surface area contributed by atoms with E-state index in [1.54, 1.807) is 0 Å². The van der Waals surface area contributed by atoms with Crippen molar-refractivity contribution < 1.29 is 9.47 Å². The number of hydrogen-bond acceptors (Lipinski definition) is 4. The Morgan fingerprint density at radius 2 is 2.11 bits per heavy atom. The summed E-state index contributed by atoms with van der Waals surface area (Å²) in [4.78, 5) is 2.42. The molecule has 0 aromatic heterocycles. The van der Waals surface area contributed by atoms with Crippen LogP contribution in [0.4, 0.5) is 0 Å². The summed E-state index contributed by atoms with van der Waals surface area (Å²) in [6, 6.07) is 4.85. The molecule has 1 aromatic carbocycles. The topological polar surface area (TPSA) is 33.7 Å². The van der Waals surface area contributed by atoms with Gasteiger partial charge in [0.1, 0.15) is 0 Å². The summed E-state index contributed by atoms with van der Waals surface area (Å²) in [6.07, 6.45) is 1.24. The van der Waals surface area contributed by atoms with E-state index in [1.165, 1.54) is 17.5 Å². The van der Waals surface area contributed by atoms with Crippen LogP contribution in [0.1, 0.15) is 17.5 Å². The van der Waals surface area contributed by atoms with Crippen LogP contribution in [-0.4, -0.2) is 37.9 Å². The Hall–Kier alpha value is -1.26. The average molecular weight is 248 g/mol. The van der Waals surface area contributed by atoms with Crippen molar-refractivity contribution in [3.05, 3.63) is 23.3 Å². The van der Waals surface area contributed by atoms with Gasteiger partial charge in [-0.25, -0.2) is 0 Å². The summed E-state index contributed by atoms with van der Waals surface area (Å²) in [7, 11) is 2.20. The highest BCUT2D eigenvalue weighted by Crippen LogP contribution is 2.35. The second-order valence-corrected chi connectivity index (χ2v) is 5.19. The van der Waals surface area contributed by atoms with E-state index in [0.29, 0.717) is 12.8 Å². The summed E-state index contributed by atoms with van der Waals surface area (Å²) in [5.74, 6) is 1.76. The molecule has 1 aromatic rings. The third kappa shape index (κ3) is 2.18. The monoisotopic (exact) mass is 248 g/mol. The molecule has 2 heterocycles. The van der Waals surface area contributed by atoms with Crippen molar-refractivity contribution in [3.63, 3.8) is 0 Å². The Labute approximate surface area is 108 Å². The summed E-state index contributed by atoms with van der Waals surface area (Å²) in [6.45, 7) is 5.68. The van der Waals surface area contributed by atoms with Crippen LogP contribution < -0.4 is 14.8 Å². The normalized spacial score (nSPS) is 21.8. The number of ether oxygens (including phenoxy) is 2. The number of benzene rings is 1. The van der Waals surface area contributed by atoms with Crippen LogP contribution in [0.3, 0.4) is 0 Å². The first kappa shape index (κ1) is 11.8. The minimum atomic E-state index is 0.348. The van der Waals surface area contributed by atoms with E-state index in [0.717, 1.165) is 31.1 Å². The Balaban J connectivity index is 1.75. The van der Waals surface area contributed by atoms with Gasteiger partial charge in [0.15, 0.2) is 11.5 Å². The average Bonchev–Trinajstić information content (AvgIpc) is 2.98. The van der Waals surface area contributed by atoms with Gasteiger partial charge in [-0.2, -0.15) is 0 Å². The minimum absolute atomic E-state index is 0.348. The highest BCUT2D eigenvalue weighted by molar-refractivity contribution is 5.48. The summed E-state index contributed by atoms with van der Waals surface area (Å²) in [5, 5.41) is 3.41. The molecule has 2 aliphatic rings. The van der Waals surface area contributed by atoms with Crippen molar-refractivity contribution in [1.29, 1.82) is 0 Å². The van der Waals surface area contributed by atoms with E-state index in [-0.39, 0.29) is 0 Å². The lowest BCUT2D eigenvalue weighted by Gasteiger charge is -2.24. The van der Waals surface area contributed by atoms with Crippen molar-refractivity contribution in [1.82, 2.24) is 10.2 Å². The number of nitrogens with zero attached hydrogens (tertiary/aromatic N) is 1. The molecule has 4 heteroatoms.